The number of nitrogens with one attached hydrogen (secondary N) is 1. The van der Waals surface area contributed by atoms with Gasteiger partial charge in [-0.1, -0.05) is 123 Å². The van der Waals surface area contributed by atoms with Crippen molar-refractivity contribution in [2.24, 2.45) is 16.8 Å². The van der Waals surface area contributed by atoms with Crippen LogP contribution in [0.1, 0.15) is 61.4 Å². The van der Waals surface area contributed by atoms with Crippen molar-refractivity contribution >= 4 is 35.3 Å². The van der Waals surface area contributed by atoms with Crippen molar-refractivity contribution < 1.29 is 29.0 Å². The molecule has 2 aliphatic heterocycles. The molecule has 2 N–H and O–H groups in total. The summed E-state index contributed by atoms with van der Waals surface area (Å²) in [5.41, 5.74) is 3.98. The lowest BCUT2D eigenvalue weighted by molar-refractivity contribution is -0.141. The van der Waals surface area contributed by atoms with E-state index in [-0.39, 0.29) is 30.9 Å². The molecule has 0 saturated carbocycles. The molecule has 0 bridgehead atoms. The molecule has 0 spiro atoms. The first kappa shape index (κ1) is 36.2. The standard InChI is InChI=1S/C42H44N4O6/c1-28(2)33(25-37(47)46-36(27-52-42(46)51)30-17-8-4-9-18-30)39(41(49)50)44-38(31-19-10-5-11-20-31)32-21-12-13-22-34(32)43-40(48)35-23-14-24-45(35)26-29-15-6-3-7-16-29/h3-13,15-22,28,33,35-36,39H,14,23-27H2,1-2H3,(H,43,48)(H,49,50)/t33-,35+,36-,39+/m1/s1. The Hall–Kier alpha value is -5.61. The quantitative estimate of drug-likeness (QED) is 0.144. The zero-order valence-corrected chi connectivity index (χ0v) is 29.4. The van der Waals surface area contributed by atoms with Crippen LogP contribution in [0.15, 0.2) is 120 Å². The summed E-state index contributed by atoms with van der Waals surface area (Å²) in [6, 6.07) is 33.4. The zero-order valence-electron chi connectivity index (χ0n) is 29.4. The number of imide groups is 1. The summed E-state index contributed by atoms with van der Waals surface area (Å²) in [5, 5.41) is 13.9. The largest absolute Gasteiger partial charge is 0.480 e. The van der Waals surface area contributed by atoms with Gasteiger partial charge in [0.05, 0.1) is 17.4 Å². The maximum atomic E-state index is 13.9. The topological polar surface area (TPSA) is 129 Å². The van der Waals surface area contributed by atoms with Gasteiger partial charge in [-0.05, 0) is 42.5 Å². The van der Waals surface area contributed by atoms with Gasteiger partial charge in [0, 0.05) is 30.0 Å². The minimum Gasteiger partial charge on any atom is -0.480 e. The van der Waals surface area contributed by atoms with Gasteiger partial charge in [-0.15, -0.1) is 0 Å². The van der Waals surface area contributed by atoms with E-state index < -0.39 is 36.0 Å². The predicted octanol–water partition coefficient (Wildman–Crippen LogP) is 6.96. The molecule has 4 atom stereocenters. The first-order valence-corrected chi connectivity index (χ1v) is 17.8. The second kappa shape index (κ2) is 16.6. The number of amides is 3. The molecule has 0 radical (unpaired) electrons. The summed E-state index contributed by atoms with van der Waals surface area (Å²) in [4.78, 5) is 61.9. The van der Waals surface area contributed by atoms with Gasteiger partial charge in [0.2, 0.25) is 11.8 Å². The molecule has 0 aliphatic carbocycles. The van der Waals surface area contributed by atoms with Crippen molar-refractivity contribution in [2.75, 3.05) is 18.5 Å². The fraction of sp³-hybridized carbons (Fsp3) is 0.310. The van der Waals surface area contributed by atoms with Crippen molar-refractivity contribution in [3.8, 4) is 0 Å². The van der Waals surface area contributed by atoms with Gasteiger partial charge >= 0.3 is 12.1 Å². The van der Waals surface area contributed by atoms with Crippen molar-refractivity contribution in [2.45, 2.75) is 57.8 Å². The third-order valence-corrected chi connectivity index (χ3v) is 9.90. The van der Waals surface area contributed by atoms with E-state index in [1.165, 1.54) is 0 Å². The number of benzene rings is 4. The van der Waals surface area contributed by atoms with Crippen LogP contribution in [0.3, 0.4) is 0 Å². The van der Waals surface area contributed by atoms with Gasteiger partial charge in [0.1, 0.15) is 12.6 Å². The Morgan fingerprint density at radius 1 is 0.885 bits per heavy atom. The Bertz CT molecular complexity index is 1900. The number of ether oxygens (including phenoxy) is 1. The molecular formula is C42H44N4O6. The molecule has 52 heavy (non-hydrogen) atoms. The number of carboxylic acid groups (broad SMARTS) is 1. The first-order valence-electron chi connectivity index (χ1n) is 17.8. The number of aliphatic carboxylic acids is 1. The number of likely N-dealkylation sites (tertiary alicyclic amines) is 1. The highest BCUT2D eigenvalue weighted by Gasteiger charge is 2.42. The summed E-state index contributed by atoms with van der Waals surface area (Å²) in [6.45, 7) is 5.18. The molecule has 3 amide bonds. The summed E-state index contributed by atoms with van der Waals surface area (Å²) in [5.74, 6) is -2.94. The Labute approximate surface area is 304 Å². The number of cyclic esters (lactones) is 1. The fourth-order valence-electron chi connectivity index (χ4n) is 7.14. The Morgan fingerprint density at radius 3 is 2.19 bits per heavy atom. The van der Waals surface area contributed by atoms with E-state index in [1.807, 2.05) is 111 Å². The van der Waals surface area contributed by atoms with E-state index in [0.29, 0.717) is 29.1 Å². The van der Waals surface area contributed by atoms with Gasteiger partial charge in [-0.25, -0.2) is 14.5 Å². The van der Waals surface area contributed by atoms with Crippen molar-refractivity contribution in [1.29, 1.82) is 0 Å². The molecule has 2 heterocycles. The maximum absolute atomic E-state index is 13.9. The molecule has 2 saturated heterocycles. The van der Waals surface area contributed by atoms with E-state index in [1.54, 1.807) is 6.07 Å². The Kier molecular flexibility index (Phi) is 11.6. The SMILES string of the molecule is CC(C)[C@@H](CC(=O)N1C(=O)OC[C@@H]1c1ccccc1)[C@H](N=C(c1ccccc1)c1ccccc1NC(=O)[C@@H]1CCCN1Cc1ccccc1)C(=O)O. The van der Waals surface area contributed by atoms with Crippen LogP contribution in [-0.4, -0.2) is 69.7 Å². The van der Waals surface area contributed by atoms with Crippen LogP contribution < -0.4 is 5.32 Å². The van der Waals surface area contributed by atoms with E-state index in [2.05, 4.69) is 22.3 Å². The minimum atomic E-state index is -1.35. The number of carboxylic acids is 1. The third-order valence-electron chi connectivity index (χ3n) is 9.90. The normalized spacial score (nSPS) is 18.9. The average molecular weight is 701 g/mol. The van der Waals surface area contributed by atoms with E-state index in [4.69, 9.17) is 9.73 Å². The van der Waals surface area contributed by atoms with E-state index in [9.17, 15) is 24.3 Å². The number of para-hydroxylation sites is 1. The summed E-state index contributed by atoms with van der Waals surface area (Å²) in [6.07, 6.45) is 0.633. The number of aliphatic imine (C=N–C) groups is 1. The number of hydrogen-bond acceptors (Lipinski definition) is 7. The smallest absolute Gasteiger partial charge is 0.417 e. The molecule has 2 aliphatic rings. The van der Waals surface area contributed by atoms with Crippen LogP contribution in [0.2, 0.25) is 0 Å². The highest BCUT2D eigenvalue weighted by molar-refractivity contribution is 6.17. The average Bonchev–Trinajstić information content (AvgIpc) is 3.79. The number of hydrogen-bond donors (Lipinski definition) is 2. The fourth-order valence-corrected chi connectivity index (χ4v) is 7.14. The van der Waals surface area contributed by atoms with Gasteiger partial charge in [-0.2, -0.15) is 0 Å². The zero-order chi connectivity index (χ0) is 36.6. The molecule has 4 aromatic carbocycles. The highest BCUT2D eigenvalue weighted by Crippen LogP contribution is 2.33. The van der Waals surface area contributed by atoms with Crippen molar-refractivity contribution in [1.82, 2.24) is 9.80 Å². The van der Waals surface area contributed by atoms with E-state index in [0.717, 1.165) is 35.4 Å². The molecule has 10 nitrogen and oxygen atoms in total. The van der Waals surface area contributed by atoms with Crippen LogP contribution in [0.4, 0.5) is 10.5 Å². The predicted molar refractivity (Wildman–Crippen MR) is 199 cm³/mol. The van der Waals surface area contributed by atoms with Crippen LogP contribution in [0, 0.1) is 11.8 Å². The highest BCUT2D eigenvalue weighted by atomic mass is 16.6. The minimum absolute atomic E-state index is 0.0208. The number of carbonyl (C=O) groups is 4. The summed E-state index contributed by atoms with van der Waals surface area (Å²) >= 11 is 0. The number of nitrogens with zero attached hydrogens (tertiary/aromatic N) is 3. The van der Waals surface area contributed by atoms with Crippen LogP contribution in [0.25, 0.3) is 0 Å². The van der Waals surface area contributed by atoms with Gasteiger partial charge in [-0.3, -0.25) is 19.5 Å². The molecule has 2 fully saturated rings. The van der Waals surface area contributed by atoms with Gasteiger partial charge in [0.15, 0.2) is 6.04 Å². The first-order chi connectivity index (χ1) is 25.2. The lowest BCUT2D eigenvalue weighted by Crippen LogP contribution is -2.40. The number of rotatable bonds is 13. The molecule has 6 rings (SSSR count). The van der Waals surface area contributed by atoms with Crippen molar-refractivity contribution in [3.05, 3.63) is 138 Å². The summed E-state index contributed by atoms with van der Waals surface area (Å²) in [7, 11) is 0. The van der Waals surface area contributed by atoms with Crippen LogP contribution >= 0.6 is 0 Å². The Balaban J connectivity index is 1.31. The summed E-state index contributed by atoms with van der Waals surface area (Å²) < 4.78 is 5.29. The third kappa shape index (κ3) is 8.29. The maximum Gasteiger partial charge on any atom is 0.417 e. The second-order valence-electron chi connectivity index (χ2n) is 13.7. The molecule has 0 unspecified atom stereocenters. The number of carbonyl (C=O) groups excluding carboxylic acids is 3. The van der Waals surface area contributed by atoms with Gasteiger partial charge in [0.25, 0.3) is 0 Å². The molecule has 268 valence electrons. The van der Waals surface area contributed by atoms with E-state index >= 15 is 0 Å². The van der Waals surface area contributed by atoms with Crippen LogP contribution in [-0.2, 0) is 25.7 Å². The lowest BCUT2D eigenvalue weighted by Gasteiger charge is -2.28. The lowest BCUT2D eigenvalue weighted by atomic mass is 9.84. The molecular weight excluding hydrogens is 656 g/mol. The molecule has 4 aromatic rings. The Morgan fingerprint density at radius 2 is 1.52 bits per heavy atom. The van der Waals surface area contributed by atoms with Crippen molar-refractivity contribution in [3.63, 3.8) is 0 Å². The molecule has 10 heteroatoms. The second-order valence-corrected chi connectivity index (χ2v) is 13.7. The monoisotopic (exact) mass is 700 g/mol. The van der Waals surface area contributed by atoms with Gasteiger partial charge < -0.3 is 15.2 Å². The number of anilines is 1. The van der Waals surface area contributed by atoms with Crippen LogP contribution in [0.5, 0.6) is 0 Å². The molecule has 0 aromatic heterocycles.